The zero-order valence-corrected chi connectivity index (χ0v) is 8.73. The van der Waals surface area contributed by atoms with Gasteiger partial charge >= 0.3 is 0 Å². The molecule has 0 unspecified atom stereocenters. The second-order valence-corrected chi connectivity index (χ2v) is 2.97. The fourth-order valence-corrected chi connectivity index (χ4v) is 1.05. The van der Waals surface area contributed by atoms with Gasteiger partial charge < -0.3 is 0 Å². The summed E-state index contributed by atoms with van der Waals surface area (Å²) in [4.78, 5) is 22.1. The predicted molar refractivity (Wildman–Crippen MR) is 59.1 cm³/mol. The first-order valence-corrected chi connectivity index (χ1v) is 4.55. The maximum Gasteiger partial charge on any atom is 0.286 e. The lowest BCUT2D eigenvalue weighted by Gasteiger charge is -2.04. The number of carbonyl (C=O) groups is 2. The van der Waals surface area contributed by atoms with Gasteiger partial charge in [0.1, 0.15) is 0 Å². The molecule has 16 heavy (non-hydrogen) atoms. The van der Waals surface area contributed by atoms with Crippen LogP contribution in [0.15, 0.2) is 35.4 Å². The van der Waals surface area contributed by atoms with Crippen LogP contribution in [-0.2, 0) is 9.59 Å². The first-order valence-electron chi connectivity index (χ1n) is 4.55. The van der Waals surface area contributed by atoms with Crippen molar-refractivity contribution in [2.75, 3.05) is 0 Å². The van der Waals surface area contributed by atoms with Gasteiger partial charge in [-0.05, 0) is 0 Å². The molecule has 0 spiro atoms. The van der Waals surface area contributed by atoms with Crippen molar-refractivity contribution < 1.29 is 9.59 Å². The molecule has 84 valence electrons. The van der Waals surface area contributed by atoms with E-state index < -0.39 is 5.91 Å². The molecule has 0 heterocycles. The number of benzene rings is 1. The largest absolute Gasteiger partial charge is 0.289 e. The SMILES string of the molecule is CC(=O)N/N=C(\C(=O)NN)c1ccccc1. The molecule has 0 aliphatic carbocycles. The quantitative estimate of drug-likeness (QED) is 0.278. The van der Waals surface area contributed by atoms with Crippen molar-refractivity contribution >= 4 is 17.5 Å². The van der Waals surface area contributed by atoms with Crippen molar-refractivity contribution in [2.45, 2.75) is 6.92 Å². The van der Waals surface area contributed by atoms with Crippen LogP contribution in [0.1, 0.15) is 12.5 Å². The predicted octanol–water partition coefficient (Wildman–Crippen LogP) is -0.483. The maximum atomic E-state index is 11.4. The molecule has 0 aromatic heterocycles. The van der Waals surface area contributed by atoms with Gasteiger partial charge in [-0.3, -0.25) is 15.0 Å². The highest BCUT2D eigenvalue weighted by molar-refractivity contribution is 6.45. The molecule has 6 heteroatoms. The van der Waals surface area contributed by atoms with Crippen molar-refractivity contribution in [1.29, 1.82) is 0 Å². The Morgan fingerprint density at radius 1 is 1.25 bits per heavy atom. The van der Waals surface area contributed by atoms with E-state index in [1.807, 2.05) is 5.43 Å². The summed E-state index contributed by atoms with van der Waals surface area (Å²) in [6.45, 7) is 1.30. The summed E-state index contributed by atoms with van der Waals surface area (Å²) in [5.41, 5.74) is 4.78. The fourth-order valence-electron chi connectivity index (χ4n) is 1.05. The van der Waals surface area contributed by atoms with Crippen molar-refractivity contribution in [2.24, 2.45) is 10.9 Å². The maximum absolute atomic E-state index is 11.4. The summed E-state index contributed by atoms with van der Waals surface area (Å²) in [7, 11) is 0. The van der Waals surface area contributed by atoms with Crippen LogP contribution in [0.5, 0.6) is 0 Å². The summed E-state index contributed by atoms with van der Waals surface area (Å²) < 4.78 is 0. The minimum atomic E-state index is -0.569. The molecule has 0 saturated carbocycles. The zero-order valence-electron chi connectivity index (χ0n) is 8.73. The lowest BCUT2D eigenvalue weighted by molar-refractivity contribution is -0.118. The Bertz CT molecular complexity index is 414. The highest BCUT2D eigenvalue weighted by Gasteiger charge is 2.12. The number of hydrogen-bond acceptors (Lipinski definition) is 4. The number of nitrogens with one attached hydrogen (secondary N) is 2. The first kappa shape index (κ1) is 11.9. The third kappa shape index (κ3) is 3.18. The zero-order chi connectivity index (χ0) is 12.0. The normalized spacial score (nSPS) is 10.8. The average Bonchev–Trinajstić information content (AvgIpc) is 2.30. The molecule has 0 radical (unpaired) electrons. The van der Waals surface area contributed by atoms with Gasteiger partial charge in [0.2, 0.25) is 5.91 Å². The van der Waals surface area contributed by atoms with Crippen molar-refractivity contribution in [1.82, 2.24) is 10.9 Å². The number of nitrogens with zero attached hydrogens (tertiary/aromatic N) is 1. The van der Waals surface area contributed by atoms with Gasteiger partial charge in [-0.25, -0.2) is 11.3 Å². The van der Waals surface area contributed by atoms with Crippen LogP contribution in [-0.4, -0.2) is 17.5 Å². The number of rotatable bonds is 3. The highest BCUT2D eigenvalue weighted by atomic mass is 16.2. The molecule has 0 fully saturated rings. The average molecular weight is 220 g/mol. The van der Waals surface area contributed by atoms with E-state index in [4.69, 9.17) is 5.84 Å². The van der Waals surface area contributed by atoms with Gasteiger partial charge in [-0.2, -0.15) is 5.10 Å². The first-order chi connectivity index (χ1) is 7.65. The Balaban J connectivity index is 3.01. The Morgan fingerprint density at radius 3 is 2.38 bits per heavy atom. The number of hydrazone groups is 1. The van der Waals surface area contributed by atoms with Crippen molar-refractivity contribution in [3.8, 4) is 0 Å². The fraction of sp³-hybridized carbons (Fsp3) is 0.100. The van der Waals surface area contributed by atoms with Crippen LogP contribution in [0.25, 0.3) is 0 Å². The Labute approximate surface area is 92.5 Å². The topological polar surface area (TPSA) is 96.6 Å². The number of hydrazine groups is 1. The van der Waals surface area contributed by atoms with Crippen LogP contribution < -0.4 is 16.7 Å². The molecule has 4 N–H and O–H groups in total. The van der Waals surface area contributed by atoms with E-state index in [9.17, 15) is 9.59 Å². The molecular formula is C10H12N4O2. The minimum absolute atomic E-state index is 0.0540. The third-order valence-electron chi connectivity index (χ3n) is 1.72. The molecule has 0 aliphatic heterocycles. The van der Waals surface area contributed by atoms with E-state index in [0.717, 1.165) is 0 Å². The Hall–Kier alpha value is -2.21. The number of hydrogen-bond donors (Lipinski definition) is 3. The molecule has 0 bridgehead atoms. The Morgan fingerprint density at radius 2 is 1.88 bits per heavy atom. The highest BCUT2D eigenvalue weighted by Crippen LogP contribution is 2.00. The van der Waals surface area contributed by atoms with E-state index in [1.54, 1.807) is 30.3 Å². The summed E-state index contributed by atoms with van der Waals surface area (Å²) in [6.07, 6.45) is 0. The molecule has 1 aromatic carbocycles. The molecule has 0 saturated heterocycles. The molecular weight excluding hydrogens is 208 g/mol. The molecule has 1 rings (SSSR count). The van der Waals surface area contributed by atoms with Crippen LogP contribution in [0.3, 0.4) is 0 Å². The summed E-state index contributed by atoms with van der Waals surface area (Å²) in [6, 6.07) is 8.69. The molecule has 0 atom stereocenters. The minimum Gasteiger partial charge on any atom is -0.289 e. The van der Waals surface area contributed by atoms with Gasteiger partial charge in [0.15, 0.2) is 5.71 Å². The molecule has 2 amide bonds. The van der Waals surface area contributed by atoms with Gasteiger partial charge in [-0.15, -0.1) is 0 Å². The summed E-state index contributed by atoms with van der Waals surface area (Å²) >= 11 is 0. The van der Waals surface area contributed by atoms with Gasteiger partial charge in [-0.1, -0.05) is 30.3 Å². The lowest BCUT2D eigenvalue weighted by Crippen LogP contribution is -2.38. The van der Waals surface area contributed by atoms with E-state index in [-0.39, 0.29) is 11.6 Å². The second kappa shape index (κ2) is 5.62. The van der Waals surface area contributed by atoms with Crippen molar-refractivity contribution in [3.05, 3.63) is 35.9 Å². The number of carbonyl (C=O) groups excluding carboxylic acids is 2. The van der Waals surface area contributed by atoms with E-state index in [1.165, 1.54) is 6.92 Å². The standard InChI is InChI=1S/C10H12N4O2/c1-7(15)13-14-9(10(16)12-11)8-5-3-2-4-6-8/h2-6H,11H2,1H3,(H,12,16)(H,13,15)/b14-9-. The molecule has 1 aromatic rings. The second-order valence-electron chi connectivity index (χ2n) is 2.97. The van der Waals surface area contributed by atoms with Crippen molar-refractivity contribution in [3.63, 3.8) is 0 Å². The van der Waals surface area contributed by atoms with E-state index >= 15 is 0 Å². The summed E-state index contributed by atoms with van der Waals surface area (Å²) in [5, 5.41) is 3.69. The van der Waals surface area contributed by atoms with E-state index in [2.05, 4.69) is 10.5 Å². The van der Waals surface area contributed by atoms with Crippen LogP contribution >= 0.6 is 0 Å². The Kier molecular flexibility index (Phi) is 4.16. The van der Waals surface area contributed by atoms with Crippen LogP contribution in [0, 0.1) is 0 Å². The van der Waals surface area contributed by atoms with Gasteiger partial charge in [0.05, 0.1) is 0 Å². The summed E-state index contributed by atoms with van der Waals surface area (Å²) in [5.74, 6) is 4.09. The van der Waals surface area contributed by atoms with Gasteiger partial charge in [0, 0.05) is 12.5 Å². The smallest absolute Gasteiger partial charge is 0.286 e. The number of amides is 2. The monoisotopic (exact) mass is 220 g/mol. The van der Waals surface area contributed by atoms with Crippen LogP contribution in [0.4, 0.5) is 0 Å². The number of nitrogens with two attached hydrogens (primary N) is 1. The van der Waals surface area contributed by atoms with Crippen LogP contribution in [0.2, 0.25) is 0 Å². The van der Waals surface area contributed by atoms with Gasteiger partial charge in [0.25, 0.3) is 5.91 Å². The molecule has 0 aliphatic rings. The van der Waals surface area contributed by atoms with E-state index in [0.29, 0.717) is 5.56 Å². The lowest BCUT2D eigenvalue weighted by atomic mass is 10.1. The molecule has 6 nitrogen and oxygen atoms in total. The third-order valence-corrected chi connectivity index (χ3v) is 1.72.